The van der Waals surface area contributed by atoms with Crippen molar-refractivity contribution in [2.24, 2.45) is 0 Å². The molecular formula is C34H37N5O7. The van der Waals surface area contributed by atoms with Gasteiger partial charge in [0.1, 0.15) is 23.4 Å². The number of aryl methyl sites for hydroxylation is 2. The lowest BCUT2D eigenvalue weighted by Crippen LogP contribution is -2.58. The van der Waals surface area contributed by atoms with E-state index in [1.807, 2.05) is 26.0 Å². The zero-order valence-corrected chi connectivity index (χ0v) is 26.1. The van der Waals surface area contributed by atoms with E-state index in [0.717, 1.165) is 16.7 Å². The number of hydrogen-bond acceptors (Lipinski definition) is 7. The van der Waals surface area contributed by atoms with Crippen LogP contribution in [0.3, 0.4) is 0 Å². The number of carbonyl (C=O) groups is 4. The van der Waals surface area contributed by atoms with Gasteiger partial charge >= 0.3 is 6.03 Å². The van der Waals surface area contributed by atoms with E-state index in [1.54, 1.807) is 59.4 Å². The lowest BCUT2D eigenvalue weighted by Gasteiger charge is -2.39. The SMILES string of the molecule is COc1cc2ccc1CNC(=O)COc1cc(ccc1C)C(=O)N[C@H]1CN(C(=O)c3ccc(C)c(N4CCNC4=O)c3)CC[C@H]1O2. The number of likely N-dealkylation sites (tertiary alicyclic amines) is 1. The molecule has 0 unspecified atom stereocenters. The van der Waals surface area contributed by atoms with E-state index >= 15 is 0 Å². The van der Waals surface area contributed by atoms with Crippen LogP contribution in [0.15, 0.2) is 54.6 Å². The third-order valence-electron chi connectivity index (χ3n) is 8.59. The highest BCUT2D eigenvalue weighted by atomic mass is 16.5. The number of urea groups is 1. The Morgan fingerprint density at radius 2 is 1.78 bits per heavy atom. The van der Waals surface area contributed by atoms with Gasteiger partial charge in [0.15, 0.2) is 6.61 Å². The Morgan fingerprint density at radius 1 is 0.957 bits per heavy atom. The molecule has 4 aliphatic heterocycles. The second-order valence-electron chi connectivity index (χ2n) is 11.7. The molecule has 4 heterocycles. The van der Waals surface area contributed by atoms with Gasteiger partial charge < -0.3 is 35.1 Å². The van der Waals surface area contributed by atoms with E-state index < -0.39 is 12.1 Å². The Labute approximate surface area is 267 Å². The van der Waals surface area contributed by atoms with E-state index in [0.29, 0.717) is 60.1 Å². The maximum Gasteiger partial charge on any atom is 0.322 e. The minimum atomic E-state index is -0.560. The molecular weight excluding hydrogens is 590 g/mol. The van der Waals surface area contributed by atoms with Gasteiger partial charge in [0.25, 0.3) is 17.7 Å². The van der Waals surface area contributed by atoms with Crippen LogP contribution in [0.1, 0.15) is 43.8 Å². The van der Waals surface area contributed by atoms with Gasteiger partial charge in [-0.2, -0.15) is 0 Å². The molecule has 7 rings (SSSR count). The summed E-state index contributed by atoms with van der Waals surface area (Å²) < 4.78 is 17.8. The number of amides is 5. The van der Waals surface area contributed by atoms with E-state index in [1.165, 1.54) is 0 Å². The van der Waals surface area contributed by atoms with Crippen molar-refractivity contribution < 1.29 is 33.4 Å². The van der Waals surface area contributed by atoms with Crippen LogP contribution in [0.2, 0.25) is 0 Å². The predicted octanol–water partition coefficient (Wildman–Crippen LogP) is 2.94. The van der Waals surface area contributed by atoms with Crippen LogP contribution in [0, 0.1) is 13.8 Å². The fourth-order valence-corrected chi connectivity index (χ4v) is 5.97. The van der Waals surface area contributed by atoms with E-state index in [4.69, 9.17) is 14.2 Å². The summed E-state index contributed by atoms with van der Waals surface area (Å²) in [6.45, 7) is 5.42. The molecule has 5 amide bonds. The predicted molar refractivity (Wildman–Crippen MR) is 170 cm³/mol. The number of carbonyl (C=O) groups excluding carboxylic acids is 4. The normalized spacial score (nSPS) is 20.0. The van der Waals surface area contributed by atoms with Crippen LogP contribution in [0.5, 0.6) is 17.2 Å². The van der Waals surface area contributed by atoms with Gasteiger partial charge in [-0.1, -0.05) is 12.1 Å². The van der Waals surface area contributed by atoms with Crippen molar-refractivity contribution >= 4 is 29.4 Å². The van der Waals surface area contributed by atoms with Crippen LogP contribution in [-0.4, -0.2) is 80.7 Å². The summed E-state index contributed by atoms with van der Waals surface area (Å²) in [4.78, 5) is 55.7. The topological polar surface area (TPSA) is 139 Å². The number of benzene rings is 3. The third kappa shape index (κ3) is 6.42. The molecule has 0 aliphatic carbocycles. The molecule has 240 valence electrons. The van der Waals surface area contributed by atoms with Gasteiger partial charge in [-0.05, 0) is 61.4 Å². The molecule has 3 N–H and O–H groups in total. The fraction of sp³-hybridized carbons (Fsp3) is 0.353. The molecule has 0 spiro atoms. The number of hydrogen-bond donors (Lipinski definition) is 3. The summed E-state index contributed by atoms with van der Waals surface area (Å²) in [5.41, 5.74) is 3.94. The van der Waals surface area contributed by atoms with Crippen LogP contribution < -0.4 is 35.1 Å². The Hall–Kier alpha value is -5.26. The summed E-state index contributed by atoms with van der Waals surface area (Å²) in [5.74, 6) is 0.613. The number of fused-ring (bicyclic) bond motifs is 7. The molecule has 0 radical (unpaired) electrons. The molecule has 12 nitrogen and oxygen atoms in total. The summed E-state index contributed by atoms with van der Waals surface area (Å²) in [7, 11) is 1.55. The average Bonchev–Trinajstić information content (AvgIpc) is 3.49. The minimum Gasteiger partial charge on any atom is -0.496 e. The lowest BCUT2D eigenvalue weighted by molar-refractivity contribution is -0.123. The van der Waals surface area contributed by atoms with Crippen molar-refractivity contribution in [2.75, 3.05) is 44.8 Å². The number of rotatable bonds is 3. The zero-order chi connectivity index (χ0) is 32.4. The number of nitrogens with one attached hydrogen (secondary N) is 3. The molecule has 46 heavy (non-hydrogen) atoms. The second-order valence-corrected chi connectivity index (χ2v) is 11.7. The first-order valence-electron chi connectivity index (χ1n) is 15.3. The first-order chi connectivity index (χ1) is 22.2. The monoisotopic (exact) mass is 627 g/mol. The molecule has 2 atom stereocenters. The van der Waals surface area contributed by atoms with E-state index in [9.17, 15) is 19.2 Å². The maximum atomic E-state index is 13.9. The van der Waals surface area contributed by atoms with Crippen molar-refractivity contribution in [1.29, 1.82) is 0 Å². The first kappa shape index (κ1) is 30.8. The number of anilines is 1. The summed E-state index contributed by atoms with van der Waals surface area (Å²) in [5, 5.41) is 8.74. The third-order valence-corrected chi connectivity index (χ3v) is 8.59. The molecule has 3 aromatic carbocycles. The highest BCUT2D eigenvalue weighted by molar-refractivity contribution is 5.99. The highest BCUT2D eigenvalue weighted by Crippen LogP contribution is 2.29. The molecule has 4 bridgehead atoms. The van der Waals surface area contributed by atoms with Crippen molar-refractivity contribution in [3.05, 3.63) is 82.4 Å². The van der Waals surface area contributed by atoms with Crippen molar-refractivity contribution in [1.82, 2.24) is 20.9 Å². The van der Waals surface area contributed by atoms with Gasteiger partial charge in [-0.3, -0.25) is 19.3 Å². The standard InChI is InChI=1S/C34H37N5O7/c1-20-4-7-23(14-27(20)39-13-11-35-34(39)43)33(42)38-12-10-28-26(18-38)37-32(41)22-6-5-21(2)29(15-22)45-19-31(40)36-17-24-8-9-25(46-28)16-30(24)44-3/h4-9,14-16,26,28H,10-13,17-19H2,1-3H3,(H,35,43)(H,36,40)(H,37,41)/t26-,28+/m0/s1. The Morgan fingerprint density at radius 3 is 2.57 bits per heavy atom. The van der Waals surface area contributed by atoms with E-state index in [-0.39, 0.29) is 43.4 Å². The second kappa shape index (κ2) is 13.0. The largest absolute Gasteiger partial charge is 0.496 e. The molecule has 2 saturated heterocycles. The van der Waals surface area contributed by atoms with Crippen molar-refractivity contribution in [3.8, 4) is 17.2 Å². The number of nitrogens with zero attached hydrogens (tertiary/aromatic N) is 2. The molecule has 0 saturated carbocycles. The molecule has 4 aliphatic rings. The Kier molecular flexibility index (Phi) is 8.69. The van der Waals surface area contributed by atoms with Gasteiger partial charge in [-0.15, -0.1) is 0 Å². The van der Waals surface area contributed by atoms with E-state index in [2.05, 4.69) is 16.0 Å². The minimum absolute atomic E-state index is 0.188. The Balaban J connectivity index is 1.29. The van der Waals surface area contributed by atoms with Gasteiger partial charge in [0, 0.05) is 67.6 Å². The summed E-state index contributed by atoms with van der Waals surface area (Å²) >= 11 is 0. The number of methoxy groups -OCH3 is 1. The molecule has 3 aromatic rings. The fourth-order valence-electron chi connectivity index (χ4n) is 5.97. The smallest absolute Gasteiger partial charge is 0.322 e. The number of piperidine rings is 1. The first-order valence-corrected chi connectivity index (χ1v) is 15.3. The van der Waals surface area contributed by atoms with Crippen LogP contribution >= 0.6 is 0 Å². The molecule has 12 heteroatoms. The highest BCUT2D eigenvalue weighted by Gasteiger charge is 2.35. The van der Waals surface area contributed by atoms with Crippen molar-refractivity contribution in [2.45, 2.75) is 39.0 Å². The summed E-state index contributed by atoms with van der Waals surface area (Å²) in [6, 6.07) is 15.1. The lowest BCUT2D eigenvalue weighted by atomic mass is 9.99. The molecule has 0 aromatic heterocycles. The summed E-state index contributed by atoms with van der Waals surface area (Å²) in [6.07, 6.45) is -0.00578. The van der Waals surface area contributed by atoms with Crippen LogP contribution in [-0.2, 0) is 11.3 Å². The number of ether oxygens (including phenoxy) is 3. The van der Waals surface area contributed by atoms with Crippen LogP contribution in [0.25, 0.3) is 0 Å². The van der Waals surface area contributed by atoms with Crippen LogP contribution in [0.4, 0.5) is 10.5 Å². The quantitative estimate of drug-likeness (QED) is 0.406. The zero-order valence-electron chi connectivity index (χ0n) is 26.1. The van der Waals surface area contributed by atoms with Crippen molar-refractivity contribution in [3.63, 3.8) is 0 Å². The maximum absolute atomic E-state index is 13.9. The molecule has 2 fully saturated rings. The van der Waals surface area contributed by atoms with Gasteiger partial charge in [0.05, 0.1) is 13.2 Å². The average molecular weight is 628 g/mol. The van der Waals surface area contributed by atoms with Gasteiger partial charge in [0.2, 0.25) is 0 Å². The van der Waals surface area contributed by atoms with Gasteiger partial charge in [-0.25, -0.2) is 4.79 Å². The Bertz CT molecular complexity index is 1690.